The van der Waals surface area contributed by atoms with E-state index in [-0.39, 0.29) is 6.10 Å². The zero-order chi connectivity index (χ0) is 47.3. The van der Waals surface area contributed by atoms with Gasteiger partial charge in [-0.2, -0.15) is 20.4 Å². The van der Waals surface area contributed by atoms with Crippen LogP contribution in [-0.2, 0) is 28.2 Å². The van der Waals surface area contributed by atoms with Gasteiger partial charge in [-0.15, -0.1) is 20.4 Å². The van der Waals surface area contributed by atoms with E-state index in [0.29, 0.717) is 5.02 Å². The second kappa shape index (κ2) is 18.0. The molecule has 0 bridgehead atoms. The fourth-order valence-corrected chi connectivity index (χ4v) is 9.88. The summed E-state index contributed by atoms with van der Waals surface area (Å²) in [6, 6.07) is 20.2. The minimum absolute atomic E-state index is 0.00803. The van der Waals surface area contributed by atoms with Gasteiger partial charge in [0.05, 0.1) is 46.9 Å². The third-order valence-electron chi connectivity index (χ3n) is 11.2. The molecular formula is C49H41ClN16OS2. The molecule has 0 N–H and O–H groups in total. The molecule has 0 saturated carbocycles. The van der Waals surface area contributed by atoms with Crippen molar-refractivity contribution in [2.45, 2.75) is 40.1 Å². The fourth-order valence-electron chi connectivity index (χ4n) is 7.88. The molecule has 17 nitrogen and oxygen atoms in total. The molecule has 0 aliphatic rings. The third kappa shape index (κ3) is 8.78. The molecule has 10 heterocycles. The Bertz CT molecular complexity index is 3860. The fraction of sp³-hybridized carbons (Fsp3) is 0.143. The number of aryl methyl sites for hydroxylation is 4. The molecule has 0 aliphatic carbocycles. The predicted octanol–water partition coefficient (Wildman–Crippen LogP) is 9.90. The highest BCUT2D eigenvalue weighted by Crippen LogP contribution is 2.40. The van der Waals surface area contributed by atoms with Gasteiger partial charge >= 0.3 is 0 Å². The van der Waals surface area contributed by atoms with Crippen LogP contribution >= 0.6 is 35.1 Å². The summed E-state index contributed by atoms with van der Waals surface area (Å²) in [7, 11) is 7.59. The summed E-state index contributed by atoms with van der Waals surface area (Å²) in [5.41, 5.74) is 11.1. The SMILES string of the molecule is CC(C)Oc1c(-c2cnn(C)c2)cnc2ccc(Sc3nnc4ccc(-c5cnn(C)c5)cn34)cc12.Cn1cc(-c2ccc3nnc(Sc4ccc5ncc(-c6cnn(C)c6)c(Cl)c5c4)n3c2)cn1. The van der Waals surface area contributed by atoms with Crippen LogP contribution in [0.4, 0.5) is 0 Å². The molecule has 20 heteroatoms. The van der Waals surface area contributed by atoms with Crippen molar-refractivity contribution in [1.82, 2.24) is 78.3 Å². The molecular weight excluding hydrogens is 928 g/mol. The van der Waals surface area contributed by atoms with Gasteiger partial charge in [-0.3, -0.25) is 37.5 Å². The normalized spacial score (nSPS) is 11.7. The molecule has 0 aliphatic heterocycles. The number of fused-ring (bicyclic) bond motifs is 4. The average Bonchev–Trinajstić information content (AvgIpc) is 4.23. The maximum Gasteiger partial charge on any atom is 0.200 e. The molecule has 0 saturated heterocycles. The number of pyridine rings is 4. The molecule has 0 spiro atoms. The first-order chi connectivity index (χ1) is 33.5. The van der Waals surface area contributed by atoms with Crippen molar-refractivity contribution in [1.29, 1.82) is 0 Å². The van der Waals surface area contributed by atoms with E-state index in [2.05, 4.69) is 57.9 Å². The third-order valence-corrected chi connectivity index (χ3v) is 13.5. The Hall–Kier alpha value is -7.87. The van der Waals surface area contributed by atoms with Crippen LogP contribution < -0.4 is 4.74 Å². The lowest BCUT2D eigenvalue weighted by Crippen LogP contribution is -2.07. The number of halogens is 1. The predicted molar refractivity (Wildman–Crippen MR) is 267 cm³/mol. The minimum atomic E-state index is 0.00803. The number of hydrogen-bond acceptors (Lipinski definition) is 13. The van der Waals surface area contributed by atoms with E-state index >= 15 is 0 Å². The lowest BCUT2D eigenvalue weighted by atomic mass is 10.1. The number of hydrogen-bond donors (Lipinski definition) is 0. The van der Waals surface area contributed by atoms with Gasteiger partial charge < -0.3 is 4.74 Å². The Kier molecular flexibility index (Phi) is 11.4. The van der Waals surface area contributed by atoms with Crippen molar-refractivity contribution in [3.05, 3.63) is 140 Å². The van der Waals surface area contributed by atoms with Gasteiger partial charge in [0.15, 0.2) is 21.6 Å². The Morgan fingerprint density at radius 3 is 1.41 bits per heavy atom. The molecule has 0 atom stereocenters. The van der Waals surface area contributed by atoms with Crippen molar-refractivity contribution in [2.24, 2.45) is 28.2 Å². The molecule has 0 fully saturated rings. The summed E-state index contributed by atoms with van der Waals surface area (Å²) in [5, 5.41) is 38.7. The molecule has 12 rings (SSSR count). The first-order valence-electron chi connectivity index (χ1n) is 21.7. The first-order valence-corrected chi connectivity index (χ1v) is 23.7. The number of benzene rings is 2. The Balaban J connectivity index is 0.000000151. The summed E-state index contributed by atoms with van der Waals surface area (Å²) in [6.45, 7) is 4.06. The zero-order valence-electron chi connectivity index (χ0n) is 38.0. The molecule has 12 aromatic rings. The number of nitrogens with zero attached hydrogens (tertiary/aromatic N) is 16. The van der Waals surface area contributed by atoms with Gasteiger partial charge in [0, 0.05) is 143 Å². The van der Waals surface area contributed by atoms with Crippen LogP contribution in [0.5, 0.6) is 5.75 Å². The molecule has 0 unspecified atom stereocenters. The number of ether oxygens (including phenoxy) is 1. The van der Waals surface area contributed by atoms with Crippen molar-refractivity contribution >= 4 is 68.2 Å². The van der Waals surface area contributed by atoms with Crippen LogP contribution in [0.25, 0.3) is 77.6 Å². The van der Waals surface area contributed by atoms with E-state index in [1.54, 1.807) is 42.9 Å². The number of aromatic nitrogens is 16. The van der Waals surface area contributed by atoms with E-state index in [0.717, 1.165) is 103 Å². The highest BCUT2D eigenvalue weighted by molar-refractivity contribution is 7.99. The molecule has 342 valence electrons. The van der Waals surface area contributed by atoms with E-state index in [4.69, 9.17) is 21.3 Å². The topological polar surface area (TPSA) is 167 Å². The Morgan fingerprint density at radius 2 is 0.928 bits per heavy atom. The standard InChI is InChI=1S/C26H24N8OS.C23H17ClN8S/c1-16(2)35-25-21-9-20(6-7-23(21)27-12-22(25)19-11-29-33(4)14-19)36-26-31-30-24-8-5-17(15-34(24)26)18-10-28-32(3)13-18;1-30-11-15(8-26-30)14-3-6-21-28-29-23(32(21)13-14)33-17-4-5-20-18(7-17)22(24)19(10-25-20)16-9-27-31(2)12-16/h5-16H,1-4H3;3-13H,1-2H3. The Morgan fingerprint density at radius 1 is 0.478 bits per heavy atom. The summed E-state index contributed by atoms with van der Waals surface area (Å²) in [5.74, 6) is 0.801. The molecule has 10 aromatic heterocycles. The smallest absolute Gasteiger partial charge is 0.200 e. The van der Waals surface area contributed by atoms with Crippen LogP contribution in [0.1, 0.15) is 13.8 Å². The van der Waals surface area contributed by atoms with Gasteiger partial charge in [0.25, 0.3) is 0 Å². The average molecular weight is 970 g/mol. The van der Waals surface area contributed by atoms with Gasteiger partial charge in [0.1, 0.15) is 5.75 Å². The van der Waals surface area contributed by atoms with Crippen molar-refractivity contribution in [2.75, 3.05) is 0 Å². The van der Waals surface area contributed by atoms with Gasteiger partial charge in [0.2, 0.25) is 0 Å². The largest absolute Gasteiger partial charge is 0.490 e. The van der Waals surface area contributed by atoms with E-state index in [1.807, 2.05) is 161 Å². The number of rotatable bonds is 10. The van der Waals surface area contributed by atoms with Crippen LogP contribution in [0.2, 0.25) is 5.02 Å². The van der Waals surface area contributed by atoms with Crippen LogP contribution in [-0.4, -0.2) is 84.4 Å². The van der Waals surface area contributed by atoms with E-state index in [1.165, 1.54) is 11.8 Å². The maximum atomic E-state index is 6.80. The molecule has 69 heavy (non-hydrogen) atoms. The van der Waals surface area contributed by atoms with Crippen LogP contribution in [0.3, 0.4) is 0 Å². The van der Waals surface area contributed by atoms with Crippen molar-refractivity contribution in [3.8, 4) is 50.3 Å². The first kappa shape index (κ1) is 43.7. The quantitative estimate of drug-likeness (QED) is 0.127. The van der Waals surface area contributed by atoms with Gasteiger partial charge in [-0.05, 0) is 98.0 Å². The maximum absolute atomic E-state index is 6.80. The molecule has 2 aromatic carbocycles. The molecule has 0 radical (unpaired) electrons. The summed E-state index contributed by atoms with van der Waals surface area (Å²) < 4.78 is 17.4. The zero-order valence-corrected chi connectivity index (χ0v) is 40.4. The van der Waals surface area contributed by atoms with Crippen molar-refractivity contribution in [3.63, 3.8) is 0 Å². The highest BCUT2D eigenvalue weighted by atomic mass is 35.5. The lowest BCUT2D eigenvalue weighted by Gasteiger charge is -2.16. The lowest BCUT2D eigenvalue weighted by molar-refractivity contribution is 0.246. The van der Waals surface area contributed by atoms with Crippen LogP contribution in [0.15, 0.2) is 155 Å². The van der Waals surface area contributed by atoms with Crippen LogP contribution in [0, 0.1) is 0 Å². The van der Waals surface area contributed by atoms with Crippen molar-refractivity contribution < 1.29 is 4.74 Å². The van der Waals surface area contributed by atoms with E-state index in [9.17, 15) is 0 Å². The molecule has 0 amide bonds. The van der Waals surface area contributed by atoms with Gasteiger partial charge in [-0.1, -0.05) is 11.6 Å². The second-order valence-electron chi connectivity index (χ2n) is 16.6. The summed E-state index contributed by atoms with van der Waals surface area (Å²) in [4.78, 5) is 11.3. The monoisotopic (exact) mass is 968 g/mol. The highest BCUT2D eigenvalue weighted by Gasteiger charge is 2.18. The minimum Gasteiger partial charge on any atom is -0.490 e. The van der Waals surface area contributed by atoms with E-state index < -0.39 is 0 Å². The summed E-state index contributed by atoms with van der Waals surface area (Å²) in [6.07, 6.45) is 22.9. The second-order valence-corrected chi connectivity index (χ2v) is 19.0. The van der Waals surface area contributed by atoms with Gasteiger partial charge in [-0.25, -0.2) is 0 Å². The Labute approximate surface area is 407 Å². The summed E-state index contributed by atoms with van der Waals surface area (Å²) >= 11 is 9.88.